The molecule has 6 nitrogen and oxygen atoms in total. The Morgan fingerprint density at radius 2 is 1.67 bits per heavy atom. The fourth-order valence-electron chi connectivity index (χ4n) is 4.20. The van der Waals surface area contributed by atoms with Crippen molar-refractivity contribution in [1.82, 2.24) is 4.57 Å². The van der Waals surface area contributed by atoms with Crippen molar-refractivity contribution in [2.45, 2.75) is 32.4 Å². The number of primary amides is 1. The highest BCUT2D eigenvalue weighted by atomic mass is 16.5. The van der Waals surface area contributed by atoms with Crippen LogP contribution >= 0.6 is 0 Å². The molecule has 4 rings (SSSR count). The summed E-state index contributed by atoms with van der Waals surface area (Å²) in [6.07, 6.45) is 6.22. The number of amides is 1. The van der Waals surface area contributed by atoms with Gasteiger partial charge in [-0.15, -0.1) is 0 Å². The summed E-state index contributed by atoms with van der Waals surface area (Å²) in [5, 5.41) is 0.854. The summed E-state index contributed by atoms with van der Waals surface area (Å²) in [5.74, 6) is -0.145. The summed E-state index contributed by atoms with van der Waals surface area (Å²) in [6, 6.07) is 25.1. The molecule has 0 saturated heterocycles. The second-order valence-electron chi connectivity index (χ2n) is 8.47. The maximum atomic E-state index is 12.5. The quantitative estimate of drug-likeness (QED) is 0.227. The third kappa shape index (κ3) is 6.21. The first-order valence-electron chi connectivity index (χ1n) is 12.0. The number of benzene rings is 3. The molecule has 1 aromatic heterocycles. The fraction of sp³-hybridized carbons (Fsp3) is 0.200. The summed E-state index contributed by atoms with van der Waals surface area (Å²) in [4.78, 5) is 24.5. The Morgan fingerprint density at radius 3 is 2.33 bits per heavy atom. The monoisotopic (exact) mass is 482 g/mol. The Morgan fingerprint density at radius 1 is 0.972 bits per heavy atom. The average Bonchev–Trinajstić information content (AvgIpc) is 3.25. The molecule has 0 aliphatic rings. The number of rotatable bonds is 11. The van der Waals surface area contributed by atoms with Gasteiger partial charge >= 0.3 is 5.97 Å². The van der Waals surface area contributed by atoms with Crippen LogP contribution in [0.2, 0.25) is 0 Å². The number of nitrogens with zero attached hydrogens (tertiary/aromatic N) is 1. The van der Waals surface area contributed by atoms with Gasteiger partial charge in [0.05, 0.1) is 6.61 Å². The summed E-state index contributed by atoms with van der Waals surface area (Å²) >= 11 is 0. The van der Waals surface area contributed by atoms with Gasteiger partial charge in [-0.05, 0) is 55.2 Å². The van der Waals surface area contributed by atoms with Gasteiger partial charge in [-0.25, -0.2) is 4.79 Å². The van der Waals surface area contributed by atoms with Crippen LogP contribution in [0.3, 0.4) is 0 Å². The van der Waals surface area contributed by atoms with Crippen LogP contribution in [-0.4, -0.2) is 23.1 Å². The number of ether oxygens (including phenoxy) is 2. The van der Waals surface area contributed by atoms with Gasteiger partial charge in [-0.2, -0.15) is 0 Å². The Kier molecular flexibility index (Phi) is 8.19. The first-order chi connectivity index (χ1) is 17.5. The van der Waals surface area contributed by atoms with E-state index < -0.39 is 17.9 Å². The predicted molar refractivity (Wildman–Crippen MR) is 141 cm³/mol. The summed E-state index contributed by atoms with van der Waals surface area (Å²) in [5.41, 5.74) is 9.67. The molecule has 6 heteroatoms. The highest BCUT2D eigenvalue weighted by Crippen LogP contribution is 2.31. The Bertz CT molecular complexity index is 1340. The van der Waals surface area contributed by atoms with E-state index in [4.69, 9.17) is 15.2 Å². The van der Waals surface area contributed by atoms with Crippen molar-refractivity contribution in [3.05, 3.63) is 108 Å². The topological polar surface area (TPSA) is 83.5 Å². The lowest BCUT2D eigenvalue weighted by molar-refractivity contribution is -0.137. The van der Waals surface area contributed by atoms with Crippen LogP contribution in [0.1, 0.15) is 36.1 Å². The molecule has 1 amide bonds. The zero-order valence-corrected chi connectivity index (χ0v) is 20.3. The lowest BCUT2D eigenvalue weighted by Gasteiger charge is -2.17. The molecule has 36 heavy (non-hydrogen) atoms. The van der Waals surface area contributed by atoms with Crippen LogP contribution in [0.5, 0.6) is 5.75 Å². The molecule has 0 spiro atoms. The van der Waals surface area contributed by atoms with Crippen LogP contribution in [0, 0.1) is 0 Å². The van der Waals surface area contributed by atoms with Gasteiger partial charge in [0.2, 0.25) is 5.91 Å². The van der Waals surface area contributed by atoms with E-state index in [2.05, 4.69) is 0 Å². The van der Waals surface area contributed by atoms with Crippen LogP contribution in [0.25, 0.3) is 17.0 Å². The molecular formula is C30H30N2O4. The van der Waals surface area contributed by atoms with E-state index in [1.807, 2.05) is 89.6 Å². The van der Waals surface area contributed by atoms with Crippen molar-refractivity contribution in [2.75, 3.05) is 6.61 Å². The van der Waals surface area contributed by atoms with Crippen molar-refractivity contribution in [3.8, 4) is 5.75 Å². The fourth-order valence-corrected chi connectivity index (χ4v) is 4.20. The van der Waals surface area contributed by atoms with Crippen molar-refractivity contribution in [1.29, 1.82) is 0 Å². The molecular weight excluding hydrogens is 452 g/mol. The molecule has 2 N–H and O–H groups in total. The molecule has 1 heterocycles. The highest BCUT2D eigenvalue weighted by molar-refractivity contribution is 5.96. The Hall–Kier alpha value is -4.32. The number of aryl methyl sites for hydroxylation is 1. The molecule has 0 saturated carbocycles. The van der Waals surface area contributed by atoms with Crippen LogP contribution < -0.4 is 10.5 Å². The van der Waals surface area contributed by atoms with E-state index >= 15 is 0 Å². The average molecular weight is 483 g/mol. The van der Waals surface area contributed by atoms with Crippen molar-refractivity contribution >= 4 is 28.9 Å². The second-order valence-corrected chi connectivity index (χ2v) is 8.47. The molecule has 0 aliphatic heterocycles. The van der Waals surface area contributed by atoms with Crippen LogP contribution in [0.4, 0.5) is 0 Å². The largest absolute Gasteiger partial charge is 0.489 e. The van der Waals surface area contributed by atoms with Gasteiger partial charge < -0.3 is 19.8 Å². The molecule has 184 valence electrons. The zero-order valence-electron chi connectivity index (χ0n) is 20.3. The molecule has 3 aromatic carbocycles. The molecule has 0 fully saturated rings. The smallest absolute Gasteiger partial charge is 0.330 e. The SMILES string of the molecule is CCOC(=O)/C=C/c1cn(C(CCc2ccccc2)C(N)=O)c2ccc(OCc3ccccc3)cc12. The number of fused-ring (bicyclic) bond motifs is 1. The number of esters is 1. The molecule has 0 bridgehead atoms. The Labute approximate surface area is 210 Å². The number of carbonyl (C=O) groups excluding carboxylic acids is 2. The van der Waals surface area contributed by atoms with Crippen molar-refractivity contribution in [3.63, 3.8) is 0 Å². The first-order valence-corrected chi connectivity index (χ1v) is 12.0. The minimum Gasteiger partial charge on any atom is -0.489 e. The van der Waals surface area contributed by atoms with E-state index in [0.717, 1.165) is 27.6 Å². The van der Waals surface area contributed by atoms with Gasteiger partial charge in [0.1, 0.15) is 18.4 Å². The van der Waals surface area contributed by atoms with Gasteiger partial charge in [-0.1, -0.05) is 60.7 Å². The standard InChI is InChI=1S/C30H30N2O4/c1-2-35-29(33)18-14-24-20-32(28(30(31)34)16-13-22-9-5-3-6-10-22)27-17-15-25(19-26(24)27)36-21-23-11-7-4-8-12-23/h3-12,14-15,17-20,28H,2,13,16,21H2,1H3,(H2,31,34)/b18-14+. The third-order valence-electron chi connectivity index (χ3n) is 5.98. The highest BCUT2D eigenvalue weighted by Gasteiger charge is 2.21. The third-order valence-corrected chi connectivity index (χ3v) is 5.98. The number of hydrogen-bond acceptors (Lipinski definition) is 4. The maximum Gasteiger partial charge on any atom is 0.330 e. The number of aromatic nitrogens is 1. The van der Waals surface area contributed by atoms with Crippen LogP contribution in [0.15, 0.2) is 91.1 Å². The summed E-state index contributed by atoms with van der Waals surface area (Å²) < 4.78 is 13.0. The predicted octanol–water partition coefficient (Wildman–Crippen LogP) is 5.46. The zero-order chi connectivity index (χ0) is 25.3. The van der Waals surface area contributed by atoms with Gasteiger partial charge in [-0.3, -0.25) is 4.79 Å². The number of hydrogen-bond donors (Lipinski definition) is 1. The van der Waals surface area contributed by atoms with Gasteiger partial charge in [0.15, 0.2) is 0 Å². The van der Waals surface area contributed by atoms with Crippen molar-refractivity contribution in [2.24, 2.45) is 5.73 Å². The second kappa shape index (κ2) is 11.9. The molecule has 1 atom stereocenters. The van der Waals surface area contributed by atoms with E-state index in [1.54, 1.807) is 13.0 Å². The number of carbonyl (C=O) groups is 2. The normalized spacial score (nSPS) is 12.0. The van der Waals surface area contributed by atoms with Gasteiger partial charge in [0.25, 0.3) is 0 Å². The van der Waals surface area contributed by atoms with E-state index in [9.17, 15) is 9.59 Å². The summed E-state index contributed by atoms with van der Waals surface area (Å²) in [6.45, 7) is 2.49. The molecule has 0 radical (unpaired) electrons. The van der Waals surface area contributed by atoms with Crippen LogP contribution in [-0.2, 0) is 27.4 Å². The minimum atomic E-state index is -0.548. The Balaban J connectivity index is 1.67. The maximum absolute atomic E-state index is 12.5. The number of nitrogens with two attached hydrogens (primary N) is 1. The molecule has 1 unspecified atom stereocenters. The minimum absolute atomic E-state index is 0.297. The lowest BCUT2D eigenvalue weighted by Crippen LogP contribution is -2.26. The van der Waals surface area contributed by atoms with E-state index in [-0.39, 0.29) is 0 Å². The van der Waals surface area contributed by atoms with Crippen molar-refractivity contribution < 1.29 is 19.1 Å². The van der Waals surface area contributed by atoms with Gasteiger partial charge in [0, 0.05) is 28.7 Å². The molecule has 0 aliphatic carbocycles. The lowest BCUT2D eigenvalue weighted by atomic mass is 10.0. The first kappa shape index (κ1) is 24.8. The van der Waals surface area contributed by atoms with E-state index in [0.29, 0.717) is 31.8 Å². The van der Waals surface area contributed by atoms with E-state index in [1.165, 1.54) is 6.08 Å². The summed E-state index contributed by atoms with van der Waals surface area (Å²) in [7, 11) is 0. The molecule has 4 aromatic rings.